The molecule has 8 heteroatoms. The molecule has 0 saturated carbocycles. The maximum absolute atomic E-state index is 11.4. The number of rotatable bonds is 2. The summed E-state index contributed by atoms with van der Waals surface area (Å²) in [4.78, 5) is 22.4. The van der Waals surface area contributed by atoms with Gasteiger partial charge in [0.2, 0.25) is 5.91 Å². The highest BCUT2D eigenvalue weighted by Crippen LogP contribution is 2.25. The molecule has 0 bridgehead atoms. The highest BCUT2D eigenvalue weighted by Gasteiger charge is 2.32. The Morgan fingerprint density at radius 3 is 2.83 bits per heavy atom. The fourth-order valence-electron chi connectivity index (χ4n) is 1.53. The van der Waals surface area contributed by atoms with Crippen LogP contribution in [0.25, 0.3) is 0 Å². The lowest BCUT2D eigenvalue weighted by Gasteiger charge is -2.03. The minimum atomic E-state index is -3.77. The summed E-state index contributed by atoms with van der Waals surface area (Å²) in [6.45, 7) is 0. The largest absolute Gasteiger partial charge is 0.325 e. The molecule has 18 heavy (non-hydrogen) atoms. The lowest BCUT2D eigenvalue weighted by molar-refractivity contribution is -0.115. The topological polar surface area (TPSA) is 116 Å². The third-order valence-electron chi connectivity index (χ3n) is 2.26. The summed E-state index contributed by atoms with van der Waals surface area (Å²) in [5.41, 5.74) is 0.242. The summed E-state index contributed by atoms with van der Waals surface area (Å²) in [6, 6.07) is 5.51. The molecule has 1 aromatic carbocycles. The first-order chi connectivity index (χ1) is 8.44. The molecule has 0 atom stereocenters. The maximum atomic E-state index is 11.4. The number of nitrogens with one attached hydrogen (secondary N) is 2. The Balaban J connectivity index is 2.35. The normalized spacial score (nSPS) is 15.4. The lowest BCUT2D eigenvalue weighted by atomic mass is 10.2. The van der Waals surface area contributed by atoms with Gasteiger partial charge in [0.15, 0.2) is 0 Å². The summed E-state index contributed by atoms with van der Waals surface area (Å²) >= 11 is 0. The van der Waals surface area contributed by atoms with Gasteiger partial charge in [-0.25, -0.2) is 13.1 Å². The number of benzene rings is 1. The Kier molecular flexibility index (Phi) is 2.76. The van der Waals surface area contributed by atoms with Gasteiger partial charge in [-0.05, 0) is 18.2 Å². The van der Waals surface area contributed by atoms with Crippen molar-refractivity contribution in [3.8, 4) is 6.07 Å². The zero-order chi connectivity index (χ0) is 13.3. The van der Waals surface area contributed by atoms with E-state index < -0.39 is 21.8 Å². The lowest BCUT2D eigenvalue weighted by Crippen LogP contribution is -2.20. The van der Waals surface area contributed by atoms with Crippen molar-refractivity contribution in [2.75, 3.05) is 5.32 Å². The molecule has 92 valence electrons. The molecule has 0 aliphatic carbocycles. The molecule has 0 radical (unpaired) electrons. The molecule has 2 amide bonds. The number of amides is 2. The van der Waals surface area contributed by atoms with Gasteiger partial charge in [-0.1, -0.05) is 0 Å². The van der Waals surface area contributed by atoms with E-state index in [9.17, 15) is 18.0 Å². The van der Waals surface area contributed by atoms with Crippen LogP contribution in [0.3, 0.4) is 0 Å². The molecule has 1 aromatic rings. The number of hydrogen-bond acceptors (Lipinski definition) is 5. The van der Waals surface area contributed by atoms with Crippen molar-refractivity contribution in [2.24, 2.45) is 0 Å². The van der Waals surface area contributed by atoms with Crippen LogP contribution in [0, 0.1) is 11.3 Å². The zero-order valence-electron chi connectivity index (χ0n) is 8.93. The second-order valence-corrected chi connectivity index (χ2v) is 5.18. The van der Waals surface area contributed by atoms with Gasteiger partial charge in [-0.3, -0.25) is 9.59 Å². The molecule has 7 nitrogen and oxygen atoms in total. The van der Waals surface area contributed by atoms with Gasteiger partial charge in [0.05, 0.1) is 11.6 Å². The quantitative estimate of drug-likeness (QED) is 0.778. The van der Waals surface area contributed by atoms with E-state index in [1.807, 2.05) is 4.72 Å². The van der Waals surface area contributed by atoms with Crippen molar-refractivity contribution in [3.05, 3.63) is 23.8 Å². The SMILES string of the molecule is N#CCC(=O)Nc1ccc2c(c1)C(=O)NS2(=O)=O. The monoisotopic (exact) mass is 265 g/mol. The van der Waals surface area contributed by atoms with E-state index >= 15 is 0 Å². The zero-order valence-corrected chi connectivity index (χ0v) is 9.74. The minimum Gasteiger partial charge on any atom is -0.325 e. The summed E-state index contributed by atoms with van der Waals surface area (Å²) in [7, 11) is -3.77. The Bertz CT molecular complexity index is 688. The van der Waals surface area contributed by atoms with Crippen molar-refractivity contribution < 1.29 is 18.0 Å². The molecule has 0 aromatic heterocycles. The van der Waals surface area contributed by atoms with Crippen molar-refractivity contribution in [1.29, 1.82) is 5.26 Å². The van der Waals surface area contributed by atoms with Gasteiger partial charge in [-0.2, -0.15) is 5.26 Å². The molecular weight excluding hydrogens is 258 g/mol. The van der Waals surface area contributed by atoms with E-state index in [1.165, 1.54) is 18.2 Å². The summed E-state index contributed by atoms with van der Waals surface area (Å²) in [5, 5.41) is 10.7. The van der Waals surface area contributed by atoms with Crippen LogP contribution in [0.2, 0.25) is 0 Å². The average Bonchev–Trinajstić information content (AvgIpc) is 2.49. The molecule has 0 saturated heterocycles. The Labute approximate surface area is 102 Å². The first-order valence-corrected chi connectivity index (χ1v) is 6.30. The van der Waals surface area contributed by atoms with Crippen LogP contribution in [0.1, 0.15) is 16.8 Å². The smallest absolute Gasteiger partial charge is 0.266 e. The van der Waals surface area contributed by atoms with Gasteiger partial charge >= 0.3 is 0 Å². The van der Waals surface area contributed by atoms with Crippen LogP contribution < -0.4 is 10.0 Å². The van der Waals surface area contributed by atoms with Crippen molar-refractivity contribution in [3.63, 3.8) is 0 Å². The predicted molar refractivity (Wildman–Crippen MR) is 60.0 cm³/mol. The molecule has 1 aliphatic rings. The van der Waals surface area contributed by atoms with Crippen LogP contribution in [0.15, 0.2) is 23.1 Å². The average molecular weight is 265 g/mol. The molecule has 0 spiro atoms. The molecule has 0 unspecified atom stereocenters. The molecule has 2 N–H and O–H groups in total. The van der Waals surface area contributed by atoms with E-state index in [0.29, 0.717) is 0 Å². The van der Waals surface area contributed by atoms with Crippen LogP contribution >= 0.6 is 0 Å². The maximum Gasteiger partial charge on any atom is 0.266 e. The van der Waals surface area contributed by atoms with E-state index in [0.717, 1.165) is 0 Å². The fourth-order valence-corrected chi connectivity index (χ4v) is 2.68. The Morgan fingerprint density at radius 2 is 2.17 bits per heavy atom. The Morgan fingerprint density at radius 1 is 1.44 bits per heavy atom. The molecule has 1 aliphatic heterocycles. The number of fused-ring (bicyclic) bond motifs is 1. The number of carbonyl (C=O) groups is 2. The third kappa shape index (κ3) is 2.03. The first kappa shape index (κ1) is 12.1. The fraction of sp³-hybridized carbons (Fsp3) is 0.100. The van der Waals surface area contributed by atoms with Gasteiger partial charge in [-0.15, -0.1) is 0 Å². The first-order valence-electron chi connectivity index (χ1n) is 4.82. The van der Waals surface area contributed by atoms with Gasteiger partial charge in [0.25, 0.3) is 15.9 Å². The highest BCUT2D eigenvalue weighted by atomic mass is 32.2. The van der Waals surface area contributed by atoms with E-state index in [1.54, 1.807) is 6.07 Å². The number of anilines is 1. The number of hydrogen-bond donors (Lipinski definition) is 2. The second-order valence-electron chi connectivity index (χ2n) is 3.53. The summed E-state index contributed by atoms with van der Waals surface area (Å²) in [5.74, 6) is -1.26. The Hall–Kier alpha value is -2.40. The van der Waals surface area contributed by atoms with Crippen LogP contribution in [0.5, 0.6) is 0 Å². The number of sulfonamides is 1. The molecular formula is C10H7N3O4S. The van der Waals surface area contributed by atoms with Crippen LogP contribution in [-0.4, -0.2) is 20.2 Å². The predicted octanol–water partition coefficient (Wildman–Crippen LogP) is -0.0291. The van der Waals surface area contributed by atoms with Crippen LogP contribution in [0.4, 0.5) is 5.69 Å². The number of carbonyl (C=O) groups excluding carboxylic acids is 2. The molecule has 0 fully saturated rings. The van der Waals surface area contributed by atoms with E-state index in [4.69, 9.17) is 5.26 Å². The van der Waals surface area contributed by atoms with E-state index in [2.05, 4.69) is 5.32 Å². The summed E-state index contributed by atoms with van der Waals surface area (Å²) < 4.78 is 24.7. The van der Waals surface area contributed by atoms with Gasteiger partial charge < -0.3 is 5.32 Å². The van der Waals surface area contributed by atoms with Gasteiger partial charge in [0, 0.05) is 5.69 Å². The second kappa shape index (κ2) is 4.12. The van der Waals surface area contributed by atoms with E-state index in [-0.39, 0.29) is 22.6 Å². The van der Waals surface area contributed by atoms with Crippen molar-refractivity contribution >= 4 is 27.5 Å². The number of nitrogens with zero attached hydrogens (tertiary/aromatic N) is 1. The highest BCUT2D eigenvalue weighted by molar-refractivity contribution is 7.90. The van der Waals surface area contributed by atoms with Crippen molar-refractivity contribution in [1.82, 2.24) is 4.72 Å². The minimum absolute atomic E-state index is 0.0234. The van der Waals surface area contributed by atoms with Crippen molar-refractivity contribution in [2.45, 2.75) is 11.3 Å². The van der Waals surface area contributed by atoms with Crippen LogP contribution in [-0.2, 0) is 14.8 Å². The third-order valence-corrected chi connectivity index (χ3v) is 3.65. The number of nitriles is 1. The standard InChI is InChI=1S/C10H7N3O4S/c11-4-3-9(14)12-6-1-2-8-7(5-6)10(15)13-18(8,16)17/h1-2,5H,3H2,(H,12,14)(H,13,15). The molecule has 2 rings (SSSR count). The molecule has 1 heterocycles. The summed E-state index contributed by atoms with van der Waals surface area (Å²) in [6.07, 6.45) is -0.318. The van der Waals surface area contributed by atoms with Gasteiger partial charge in [0.1, 0.15) is 11.3 Å².